The fourth-order valence-corrected chi connectivity index (χ4v) is 1.39. The molecular weight excluding hydrogens is 263 g/mol. The van der Waals surface area contributed by atoms with E-state index in [1.807, 2.05) is 0 Å². The summed E-state index contributed by atoms with van der Waals surface area (Å²) in [7, 11) is 3.20. The number of halogens is 3. The van der Waals surface area contributed by atoms with E-state index >= 15 is 0 Å². The molecule has 1 rings (SSSR count). The van der Waals surface area contributed by atoms with Crippen molar-refractivity contribution in [1.29, 1.82) is 0 Å². The van der Waals surface area contributed by atoms with E-state index < -0.39 is 12.0 Å². The maximum atomic E-state index is 12.6. The molecule has 0 aliphatic rings. The van der Waals surface area contributed by atoms with Gasteiger partial charge in [-0.15, -0.1) is 0 Å². The minimum atomic E-state index is -4.62. The fraction of sp³-hybridized carbons (Fsp3) is 0.600. The number of ether oxygens (including phenoxy) is 1. The van der Waals surface area contributed by atoms with Gasteiger partial charge in [0.15, 0.2) is 0 Å². The summed E-state index contributed by atoms with van der Waals surface area (Å²) in [5.41, 5.74) is 2.10. The van der Waals surface area contributed by atoms with Crippen molar-refractivity contribution in [1.82, 2.24) is 9.97 Å². The maximum absolute atomic E-state index is 12.6. The molecule has 0 amide bonds. The summed E-state index contributed by atoms with van der Waals surface area (Å²) < 4.78 is 42.7. The number of methoxy groups -OCH3 is 1. The zero-order valence-corrected chi connectivity index (χ0v) is 10.7. The molecule has 0 aliphatic heterocycles. The van der Waals surface area contributed by atoms with Crippen LogP contribution >= 0.6 is 0 Å². The Morgan fingerprint density at radius 3 is 2.63 bits per heavy atom. The minimum absolute atomic E-state index is 0.0871. The number of anilines is 2. The fourth-order valence-electron chi connectivity index (χ4n) is 1.39. The first-order valence-corrected chi connectivity index (χ1v) is 5.51. The Balaban J connectivity index is 2.93. The Labute approximate surface area is 108 Å². The lowest BCUT2D eigenvalue weighted by atomic mass is 10.4. The number of hydrogen-bond donors (Lipinski definition) is 2. The topological polar surface area (TPSA) is 76.3 Å². The van der Waals surface area contributed by atoms with Crippen molar-refractivity contribution in [2.75, 3.05) is 37.6 Å². The van der Waals surface area contributed by atoms with Crippen LogP contribution in [0, 0.1) is 0 Å². The molecular formula is C10H16F3N5O. The average molecular weight is 279 g/mol. The monoisotopic (exact) mass is 279 g/mol. The zero-order chi connectivity index (χ0) is 14.5. The molecule has 0 aliphatic carbocycles. The number of hydrogen-bond acceptors (Lipinski definition) is 6. The summed E-state index contributed by atoms with van der Waals surface area (Å²) in [6.07, 6.45) is -3.95. The van der Waals surface area contributed by atoms with Gasteiger partial charge in [-0.3, -0.25) is 0 Å². The van der Waals surface area contributed by atoms with Gasteiger partial charge in [-0.2, -0.15) is 13.2 Å². The van der Waals surface area contributed by atoms with E-state index in [-0.39, 0.29) is 11.6 Å². The molecule has 1 aromatic heterocycles. The lowest BCUT2D eigenvalue weighted by Gasteiger charge is -2.19. The number of alkyl halides is 3. The smallest absolute Gasteiger partial charge is 0.385 e. The molecule has 108 valence electrons. The first-order chi connectivity index (χ1) is 8.88. The summed E-state index contributed by atoms with van der Waals surface area (Å²) in [6, 6.07) is 1.35. The SMILES string of the molecule is COCCCN(C)c1cc(NN)nc(C(F)(F)F)n1. The Morgan fingerprint density at radius 1 is 1.42 bits per heavy atom. The third-order valence-corrected chi connectivity index (χ3v) is 2.35. The summed E-state index contributed by atoms with van der Waals surface area (Å²) in [4.78, 5) is 8.34. The molecule has 0 fully saturated rings. The molecule has 0 saturated carbocycles. The molecule has 6 nitrogen and oxygen atoms in total. The van der Waals surface area contributed by atoms with Crippen molar-refractivity contribution in [3.05, 3.63) is 11.9 Å². The van der Waals surface area contributed by atoms with E-state index in [0.29, 0.717) is 19.6 Å². The van der Waals surface area contributed by atoms with Gasteiger partial charge in [0.05, 0.1) is 0 Å². The van der Waals surface area contributed by atoms with Crippen LogP contribution in [0.3, 0.4) is 0 Å². The highest BCUT2D eigenvalue weighted by Crippen LogP contribution is 2.28. The predicted molar refractivity (Wildman–Crippen MR) is 64.6 cm³/mol. The highest BCUT2D eigenvalue weighted by Gasteiger charge is 2.35. The molecule has 19 heavy (non-hydrogen) atoms. The Kier molecular flexibility index (Phi) is 5.31. The van der Waals surface area contributed by atoms with Crippen LogP contribution in [-0.4, -0.2) is 37.3 Å². The van der Waals surface area contributed by atoms with Crippen LogP contribution in [0.2, 0.25) is 0 Å². The van der Waals surface area contributed by atoms with Crippen molar-refractivity contribution in [3.63, 3.8) is 0 Å². The van der Waals surface area contributed by atoms with Crippen molar-refractivity contribution in [3.8, 4) is 0 Å². The molecule has 0 atom stereocenters. The molecule has 0 bridgehead atoms. The number of nitrogens with zero attached hydrogens (tertiary/aromatic N) is 3. The van der Waals surface area contributed by atoms with E-state index in [1.165, 1.54) is 6.07 Å². The van der Waals surface area contributed by atoms with E-state index in [2.05, 4.69) is 15.4 Å². The maximum Gasteiger partial charge on any atom is 0.451 e. The van der Waals surface area contributed by atoms with Gasteiger partial charge in [-0.1, -0.05) is 0 Å². The highest BCUT2D eigenvalue weighted by atomic mass is 19.4. The van der Waals surface area contributed by atoms with Crippen LogP contribution < -0.4 is 16.2 Å². The molecule has 1 aromatic rings. The Morgan fingerprint density at radius 2 is 2.11 bits per heavy atom. The van der Waals surface area contributed by atoms with Crippen LogP contribution in [0.1, 0.15) is 12.2 Å². The molecule has 0 spiro atoms. The summed E-state index contributed by atoms with van der Waals surface area (Å²) >= 11 is 0. The minimum Gasteiger partial charge on any atom is -0.385 e. The van der Waals surface area contributed by atoms with Crippen LogP contribution in [0.5, 0.6) is 0 Å². The Bertz CT molecular complexity index is 413. The molecule has 0 saturated heterocycles. The number of nitrogens with two attached hydrogens (primary N) is 1. The molecule has 1 heterocycles. The van der Waals surface area contributed by atoms with E-state index in [1.54, 1.807) is 19.1 Å². The summed E-state index contributed by atoms with van der Waals surface area (Å²) in [5, 5.41) is 0. The quantitative estimate of drug-likeness (QED) is 0.464. The molecule has 0 aromatic carbocycles. The summed E-state index contributed by atoms with van der Waals surface area (Å²) in [5.74, 6) is 3.94. The van der Waals surface area contributed by atoms with Crippen molar-refractivity contribution < 1.29 is 17.9 Å². The van der Waals surface area contributed by atoms with Crippen LogP contribution in [0.15, 0.2) is 6.07 Å². The van der Waals surface area contributed by atoms with Gasteiger partial charge in [0.2, 0.25) is 5.82 Å². The van der Waals surface area contributed by atoms with Crippen molar-refractivity contribution >= 4 is 11.6 Å². The van der Waals surface area contributed by atoms with E-state index in [4.69, 9.17) is 10.6 Å². The second-order valence-corrected chi connectivity index (χ2v) is 3.84. The lowest BCUT2D eigenvalue weighted by Crippen LogP contribution is -2.24. The van der Waals surface area contributed by atoms with E-state index in [0.717, 1.165) is 0 Å². The van der Waals surface area contributed by atoms with Crippen LogP contribution in [-0.2, 0) is 10.9 Å². The third-order valence-electron chi connectivity index (χ3n) is 2.35. The van der Waals surface area contributed by atoms with Gasteiger partial charge in [0.25, 0.3) is 0 Å². The lowest BCUT2D eigenvalue weighted by molar-refractivity contribution is -0.144. The first kappa shape index (κ1) is 15.4. The molecule has 9 heteroatoms. The van der Waals surface area contributed by atoms with Gasteiger partial charge in [0, 0.05) is 33.4 Å². The number of aromatic nitrogens is 2. The predicted octanol–water partition coefficient (Wildman–Crippen LogP) is 1.25. The summed E-state index contributed by atoms with van der Waals surface area (Å²) in [6.45, 7) is 1.02. The van der Waals surface area contributed by atoms with Gasteiger partial charge in [-0.25, -0.2) is 15.8 Å². The van der Waals surface area contributed by atoms with Crippen molar-refractivity contribution in [2.45, 2.75) is 12.6 Å². The number of nitrogens with one attached hydrogen (secondary N) is 1. The molecule has 0 radical (unpaired) electrons. The highest BCUT2D eigenvalue weighted by molar-refractivity contribution is 5.48. The third kappa shape index (κ3) is 4.52. The van der Waals surface area contributed by atoms with Crippen LogP contribution in [0.4, 0.5) is 24.8 Å². The van der Waals surface area contributed by atoms with Crippen molar-refractivity contribution in [2.24, 2.45) is 5.84 Å². The van der Waals surface area contributed by atoms with Gasteiger partial charge in [-0.05, 0) is 6.42 Å². The molecule has 3 N–H and O–H groups in total. The van der Waals surface area contributed by atoms with Gasteiger partial charge >= 0.3 is 6.18 Å². The molecule has 0 unspecified atom stereocenters. The average Bonchev–Trinajstić information content (AvgIpc) is 2.37. The Hall–Kier alpha value is -1.61. The zero-order valence-electron chi connectivity index (χ0n) is 10.7. The normalized spacial score (nSPS) is 11.5. The number of hydrazine groups is 1. The number of nitrogen functional groups attached to an aromatic ring is 1. The number of rotatable bonds is 6. The van der Waals surface area contributed by atoms with E-state index in [9.17, 15) is 13.2 Å². The first-order valence-electron chi connectivity index (χ1n) is 5.51. The van der Waals surface area contributed by atoms with Crippen LogP contribution in [0.25, 0.3) is 0 Å². The largest absolute Gasteiger partial charge is 0.451 e. The standard InChI is InChI=1S/C10H16F3N5O/c1-18(4-3-5-19-2)8-6-7(17-14)15-9(16-8)10(11,12)13/h6H,3-5,14H2,1-2H3,(H,15,16,17). The second kappa shape index (κ2) is 6.53. The second-order valence-electron chi connectivity index (χ2n) is 3.84. The van der Waals surface area contributed by atoms with Gasteiger partial charge in [0.1, 0.15) is 11.6 Å². The van der Waals surface area contributed by atoms with Gasteiger partial charge < -0.3 is 15.1 Å².